The Morgan fingerprint density at radius 2 is 1.86 bits per heavy atom. The van der Waals surface area contributed by atoms with Crippen molar-refractivity contribution < 1.29 is 9.59 Å². The van der Waals surface area contributed by atoms with E-state index < -0.39 is 0 Å². The zero-order chi connectivity index (χ0) is 19.5. The van der Waals surface area contributed by atoms with E-state index in [0.717, 1.165) is 31.5 Å². The topological polar surface area (TPSA) is 79.6 Å². The second-order valence-electron chi connectivity index (χ2n) is 7.11. The Morgan fingerprint density at radius 1 is 1.11 bits per heavy atom. The Kier molecular flexibility index (Phi) is 5.06. The number of nitrogens with one attached hydrogen (secondary N) is 1. The minimum absolute atomic E-state index is 0.223. The minimum Gasteiger partial charge on any atom is -0.343 e. The van der Waals surface area contributed by atoms with Crippen LogP contribution >= 0.6 is 0 Å². The summed E-state index contributed by atoms with van der Waals surface area (Å²) in [5.74, 6) is 0.00577. The molecule has 0 spiro atoms. The number of nitrogens with zero attached hydrogens (tertiary/aromatic N) is 4. The van der Waals surface area contributed by atoms with Gasteiger partial charge in [-0.2, -0.15) is 5.10 Å². The predicted molar refractivity (Wildman–Crippen MR) is 106 cm³/mol. The molecule has 1 aliphatic rings. The summed E-state index contributed by atoms with van der Waals surface area (Å²) in [6.07, 6.45) is 6.80. The second kappa shape index (κ2) is 7.80. The molecule has 7 heteroatoms. The van der Waals surface area contributed by atoms with Crippen LogP contribution in [0.3, 0.4) is 0 Å². The number of carbonyl (C=O) groups excluding carboxylic acids is 2. The zero-order valence-corrected chi connectivity index (χ0v) is 15.9. The highest BCUT2D eigenvalue weighted by Crippen LogP contribution is 2.16. The molecule has 1 saturated heterocycles. The highest BCUT2D eigenvalue weighted by atomic mass is 16.2. The van der Waals surface area contributed by atoms with E-state index in [4.69, 9.17) is 0 Å². The lowest BCUT2D eigenvalue weighted by Crippen LogP contribution is -2.27. The van der Waals surface area contributed by atoms with Crippen molar-refractivity contribution in [2.24, 2.45) is 0 Å². The molecule has 0 radical (unpaired) electrons. The molecule has 0 saturated carbocycles. The van der Waals surface area contributed by atoms with Gasteiger partial charge in [-0.25, -0.2) is 9.50 Å². The number of benzene rings is 1. The molecule has 1 aliphatic heterocycles. The number of fused-ring (bicyclic) bond motifs is 1. The van der Waals surface area contributed by atoms with Crippen LogP contribution in [0.4, 0.5) is 5.69 Å². The van der Waals surface area contributed by atoms with E-state index >= 15 is 0 Å². The second-order valence-corrected chi connectivity index (χ2v) is 7.11. The van der Waals surface area contributed by atoms with Crippen LogP contribution in [0.25, 0.3) is 5.65 Å². The summed E-state index contributed by atoms with van der Waals surface area (Å²) in [5.41, 5.74) is 3.64. The summed E-state index contributed by atoms with van der Waals surface area (Å²) >= 11 is 0. The number of hydrogen-bond donors (Lipinski definition) is 1. The molecule has 7 nitrogen and oxygen atoms in total. The summed E-state index contributed by atoms with van der Waals surface area (Å²) in [5, 5.41) is 7.03. The number of carbonyl (C=O) groups is 2. The molecule has 0 atom stereocenters. The molecule has 1 fully saturated rings. The third-order valence-electron chi connectivity index (χ3n) is 5.12. The van der Waals surface area contributed by atoms with Crippen LogP contribution in [-0.2, 0) is 11.2 Å². The van der Waals surface area contributed by atoms with Crippen LogP contribution in [0.15, 0.2) is 42.7 Å². The number of amides is 2. The highest BCUT2D eigenvalue weighted by molar-refractivity contribution is 6.04. The number of likely N-dealkylation sites (tertiary alicyclic amines) is 1. The molecule has 1 aromatic carbocycles. The van der Waals surface area contributed by atoms with Gasteiger partial charge in [-0.3, -0.25) is 9.59 Å². The molecule has 2 aromatic heterocycles. The first-order valence-electron chi connectivity index (χ1n) is 9.59. The van der Waals surface area contributed by atoms with Gasteiger partial charge in [0.15, 0.2) is 5.65 Å². The summed E-state index contributed by atoms with van der Waals surface area (Å²) < 4.78 is 1.59. The van der Waals surface area contributed by atoms with E-state index in [0.29, 0.717) is 35.4 Å². The number of rotatable bonds is 5. The molecular weight excluding hydrogens is 354 g/mol. The van der Waals surface area contributed by atoms with Gasteiger partial charge in [0.2, 0.25) is 5.91 Å². The van der Waals surface area contributed by atoms with E-state index in [-0.39, 0.29) is 11.8 Å². The van der Waals surface area contributed by atoms with Gasteiger partial charge in [0.25, 0.3) is 5.91 Å². The van der Waals surface area contributed by atoms with Crippen molar-refractivity contribution in [1.82, 2.24) is 19.5 Å². The van der Waals surface area contributed by atoms with Crippen LogP contribution in [0.2, 0.25) is 0 Å². The maximum atomic E-state index is 12.6. The largest absolute Gasteiger partial charge is 0.343 e. The molecule has 144 valence electrons. The third-order valence-corrected chi connectivity index (χ3v) is 5.12. The van der Waals surface area contributed by atoms with Crippen LogP contribution < -0.4 is 5.32 Å². The van der Waals surface area contributed by atoms with Crippen LogP contribution in [-0.4, -0.2) is 44.4 Å². The summed E-state index contributed by atoms with van der Waals surface area (Å²) in [6.45, 7) is 3.59. The van der Waals surface area contributed by atoms with Crippen molar-refractivity contribution in [1.29, 1.82) is 0 Å². The fourth-order valence-electron chi connectivity index (χ4n) is 3.50. The van der Waals surface area contributed by atoms with Crippen molar-refractivity contribution in [2.45, 2.75) is 32.6 Å². The number of hydrogen-bond acceptors (Lipinski definition) is 4. The third kappa shape index (κ3) is 3.88. The van der Waals surface area contributed by atoms with Gasteiger partial charge < -0.3 is 10.2 Å². The molecular formula is C21H23N5O2. The lowest BCUT2D eigenvalue weighted by atomic mass is 10.1. The quantitative estimate of drug-likeness (QED) is 0.741. The molecule has 3 aromatic rings. The van der Waals surface area contributed by atoms with E-state index in [1.54, 1.807) is 23.0 Å². The number of aryl methyl sites for hydroxylation is 2. The Morgan fingerprint density at radius 3 is 2.61 bits per heavy atom. The van der Waals surface area contributed by atoms with Gasteiger partial charge in [0.1, 0.15) is 0 Å². The van der Waals surface area contributed by atoms with Crippen molar-refractivity contribution >= 4 is 23.1 Å². The average Bonchev–Trinajstić information content (AvgIpc) is 3.38. The van der Waals surface area contributed by atoms with E-state index in [2.05, 4.69) is 15.4 Å². The summed E-state index contributed by atoms with van der Waals surface area (Å²) in [6, 6.07) is 9.43. The fraction of sp³-hybridized carbons (Fsp3) is 0.333. The Hall–Kier alpha value is -3.22. The van der Waals surface area contributed by atoms with Crippen molar-refractivity contribution in [3.63, 3.8) is 0 Å². The van der Waals surface area contributed by atoms with E-state index in [1.807, 2.05) is 36.1 Å². The predicted octanol–water partition coefficient (Wildman–Crippen LogP) is 2.85. The first-order chi connectivity index (χ1) is 13.6. The number of anilines is 1. The Labute approximate surface area is 163 Å². The minimum atomic E-state index is -0.223. The first-order valence-corrected chi connectivity index (χ1v) is 9.59. The SMILES string of the molecule is Cc1nc2ccnn2cc1C(=O)Nc1ccc(CCC(=O)N2CCCC2)cc1. The van der Waals surface area contributed by atoms with Gasteiger partial charge in [0.05, 0.1) is 17.5 Å². The monoisotopic (exact) mass is 377 g/mol. The van der Waals surface area contributed by atoms with Gasteiger partial charge in [-0.15, -0.1) is 0 Å². The zero-order valence-electron chi connectivity index (χ0n) is 15.9. The Bertz CT molecular complexity index is 1000. The van der Waals surface area contributed by atoms with Gasteiger partial charge in [0, 0.05) is 37.5 Å². The molecule has 0 aliphatic carbocycles. The molecule has 3 heterocycles. The maximum absolute atomic E-state index is 12.6. The van der Waals surface area contributed by atoms with E-state index in [9.17, 15) is 9.59 Å². The van der Waals surface area contributed by atoms with Gasteiger partial charge in [-0.1, -0.05) is 12.1 Å². The lowest BCUT2D eigenvalue weighted by Gasteiger charge is -2.15. The van der Waals surface area contributed by atoms with Crippen molar-refractivity contribution in [3.05, 3.63) is 59.5 Å². The van der Waals surface area contributed by atoms with Crippen LogP contribution in [0, 0.1) is 6.92 Å². The molecule has 4 rings (SSSR count). The standard InChI is InChI=1S/C21H23N5O2/c1-15-18(14-26-19(23-15)10-11-22-26)21(28)24-17-7-4-16(5-8-17)6-9-20(27)25-12-2-3-13-25/h4-5,7-8,10-11,14H,2-3,6,9,12-13H2,1H3,(H,24,28). The highest BCUT2D eigenvalue weighted by Gasteiger charge is 2.17. The van der Waals surface area contributed by atoms with Crippen molar-refractivity contribution in [2.75, 3.05) is 18.4 Å². The summed E-state index contributed by atoms with van der Waals surface area (Å²) in [4.78, 5) is 31.1. The lowest BCUT2D eigenvalue weighted by molar-refractivity contribution is -0.130. The van der Waals surface area contributed by atoms with Gasteiger partial charge >= 0.3 is 0 Å². The van der Waals surface area contributed by atoms with Crippen LogP contribution in [0.1, 0.15) is 40.9 Å². The van der Waals surface area contributed by atoms with Gasteiger partial charge in [-0.05, 0) is 43.9 Å². The molecule has 0 unspecified atom stereocenters. The van der Waals surface area contributed by atoms with E-state index in [1.165, 1.54) is 0 Å². The number of aromatic nitrogens is 3. The van der Waals surface area contributed by atoms with Crippen molar-refractivity contribution in [3.8, 4) is 0 Å². The maximum Gasteiger partial charge on any atom is 0.259 e. The average molecular weight is 377 g/mol. The molecule has 0 bridgehead atoms. The van der Waals surface area contributed by atoms with Crippen LogP contribution in [0.5, 0.6) is 0 Å². The normalized spacial score (nSPS) is 13.8. The Balaban J connectivity index is 1.37. The first kappa shape index (κ1) is 18.2. The smallest absolute Gasteiger partial charge is 0.259 e. The summed E-state index contributed by atoms with van der Waals surface area (Å²) in [7, 11) is 0. The molecule has 28 heavy (non-hydrogen) atoms. The molecule has 1 N–H and O–H groups in total. The fourth-order valence-corrected chi connectivity index (χ4v) is 3.50. The molecule has 2 amide bonds.